The number of hydrogen-bond acceptors (Lipinski definition) is 4. The molecule has 0 spiro atoms. The van der Waals surface area contributed by atoms with E-state index in [0.29, 0.717) is 17.9 Å². The Hall–Kier alpha value is -4.02. The molecular formula is C30H29NO3. The van der Waals surface area contributed by atoms with Gasteiger partial charge in [0.15, 0.2) is 0 Å². The summed E-state index contributed by atoms with van der Waals surface area (Å²) in [6.45, 7) is 5.98. The quantitative estimate of drug-likeness (QED) is 0.207. The summed E-state index contributed by atoms with van der Waals surface area (Å²) in [5.41, 5.74) is 4.97. The van der Waals surface area contributed by atoms with Crippen molar-refractivity contribution < 1.29 is 14.6 Å². The lowest BCUT2D eigenvalue weighted by atomic mass is 10.1. The second-order valence-electron chi connectivity index (χ2n) is 8.06. The molecule has 0 saturated carbocycles. The van der Waals surface area contributed by atoms with Gasteiger partial charge < -0.3 is 19.5 Å². The Morgan fingerprint density at radius 1 is 0.735 bits per heavy atom. The van der Waals surface area contributed by atoms with Crippen molar-refractivity contribution in [2.24, 2.45) is 0 Å². The molecule has 0 saturated heterocycles. The van der Waals surface area contributed by atoms with Crippen LogP contribution in [-0.2, 0) is 6.42 Å². The molecule has 0 aliphatic rings. The first-order valence-corrected chi connectivity index (χ1v) is 11.3. The number of anilines is 3. The molecule has 4 aromatic rings. The van der Waals surface area contributed by atoms with E-state index in [-0.39, 0.29) is 0 Å². The van der Waals surface area contributed by atoms with Crippen molar-refractivity contribution >= 4 is 17.1 Å². The van der Waals surface area contributed by atoms with Gasteiger partial charge in [-0.2, -0.15) is 0 Å². The summed E-state index contributed by atoms with van der Waals surface area (Å²) in [4.78, 5) is 2.22. The lowest BCUT2D eigenvalue weighted by molar-refractivity contribution is 0.0151. The molecule has 0 bridgehead atoms. The Morgan fingerprint density at radius 2 is 1.24 bits per heavy atom. The standard InChI is InChI=1S/C30H29NO3/c1-23(2)30(32)34-29-17-13-24(14-18-29)21-22-33-28-19-15-27(16-20-28)31(25-9-5-3-6-10-25)26-11-7-4-8-12-26/h3-20,30,32H,1,21-22H2,2H3. The van der Waals surface area contributed by atoms with Crippen LogP contribution in [0, 0.1) is 0 Å². The summed E-state index contributed by atoms with van der Waals surface area (Å²) in [6, 6.07) is 36.5. The first-order chi connectivity index (χ1) is 16.6. The van der Waals surface area contributed by atoms with E-state index in [1.54, 1.807) is 6.92 Å². The third kappa shape index (κ3) is 6.06. The second kappa shape index (κ2) is 11.2. The van der Waals surface area contributed by atoms with E-state index in [1.807, 2.05) is 72.8 Å². The summed E-state index contributed by atoms with van der Waals surface area (Å²) in [5, 5.41) is 9.76. The van der Waals surface area contributed by atoms with Crippen molar-refractivity contribution in [3.8, 4) is 11.5 Å². The highest BCUT2D eigenvalue weighted by Gasteiger charge is 2.12. The van der Waals surface area contributed by atoms with Crippen molar-refractivity contribution in [2.45, 2.75) is 19.6 Å². The maximum atomic E-state index is 9.76. The van der Waals surface area contributed by atoms with Crippen LogP contribution in [0.3, 0.4) is 0 Å². The molecule has 0 aromatic heterocycles. The van der Waals surface area contributed by atoms with E-state index >= 15 is 0 Å². The summed E-state index contributed by atoms with van der Waals surface area (Å²) < 4.78 is 11.4. The molecule has 1 N–H and O–H groups in total. The van der Waals surface area contributed by atoms with Crippen molar-refractivity contribution in [1.82, 2.24) is 0 Å². The van der Waals surface area contributed by atoms with Crippen molar-refractivity contribution in [3.05, 3.63) is 127 Å². The van der Waals surface area contributed by atoms with Gasteiger partial charge in [-0.25, -0.2) is 0 Å². The number of aliphatic hydroxyl groups excluding tert-OH is 1. The van der Waals surface area contributed by atoms with Crippen LogP contribution in [0.15, 0.2) is 121 Å². The minimum atomic E-state index is -0.989. The largest absolute Gasteiger partial charge is 0.493 e. The summed E-state index contributed by atoms with van der Waals surface area (Å²) >= 11 is 0. The molecule has 1 unspecified atom stereocenters. The van der Waals surface area contributed by atoms with Crippen molar-refractivity contribution in [1.29, 1.82) is 0 Å². The van der Waals surface area contributed by atoms with E-state index in [2.05, 4.69) is 47.9 Å². The third-order valence-corrected chi connectivity index (χ3v) is 5.38. The highest BCUT2D eigenvalue weighted by atomic mass is 16.6. The molecule has 4 nitrogen and oxygen atoms in total. The maximum absolute atomic E-state index is 9.76. The Kier molecular flexibility index (Phi) is 7.63. The minimum absolute atomic E-state index is 0.565. The molecule has 34 heavy (non-hydrogen) atoms. The number of rotatable bonds is 10. The zero-order valence-corrected chi connectivity index (χ0v) is 19.3. The van der Waals surface area contributed by atoms with E-state index in [1.165, 1.54) is 0 Å². The average Bonchev–Trinajstić information content (AvgIpc) is 2.87. The number of ether oxygens (including phenoxy) is 2. The summed E-state index contributed by atoms with van der Waals surface area (Å²) in [6.07, 6.45) is -0.220. The van der Waals surface area contributed by atoms with Gasteiger partial charge in [0, 0.05) is 23.5 Å². The zero-order valence-electron chi connectivity index (χ0n) is 19.3. The number of benzene rings is 4. The van der Waals surface area contributed by atoms with E-state index < -0.39 is 6.29 Å². The van der Waals surface area contributed by atoms with Gasteiger partial charge in [-0.05, 0) is 78.7 Å². The van der Waals surface area contributed by atoms with Gasteiger partial charge in [0.25, 0.3) is 0 Å². The van der Waals surface area contributed by atoms with Gasteiger partial charge in [-0.3, -0.25) is 0 Å². The topological polar surface area (TPSA) is 41.9 Å². The highest BCUT2D eigenvalue weighted by Crippen LogP contribution is 2.34. The Labute approximate surface area is 201 Å². The summed E-state index contributed by atoms with van der Waals surface area (Å²) in [7, 11) is 0. The van der Waals surface area contributed by atoms with Crippen LogP contribution in [0.4, 0.5) is 17.1 Å². The van der Waals surface area contributed by atoms with Gasteiger partial charge >= 0.3 is 0 Å². The van der Waals surface area contributed by atoms with Crippen molar-refractivity contribution in [3.63, 3.8) is 0 Å². The smallest absolute Gasteiger partial charge is 0.219 e. The van der Waals surface area contributed by atoms with Gasteiger partial charge in [-0.1, -0.05) is 55.1 Å². The van der Waals surface area contributed by atoms with Gasteiger partial charge in [-0.15, -0.1) is 0 Å². The van der Waals surface area contributed by atoms with Gasteiger partial charge in [0.05, 0.1) is 6.61 Å². The van der Waals surface area contributed by atoms with Gasteiger partial charge in [0.2, 0.25) is 6.29 Å². The van der Waals surface area contributed by atoms with Gasteiger partial charge in [0.1, 0.15) is 11.5 Å². The van der Waals surface area contributed by atoms with E-state index in [0.717, 1.165) is 34.8 Å². The van der Waals surface area contributed by atoms with Crippen LogP contribution in [0.2, 0.25) is 0 Å². The number of hydrogen-bond donors (Lipinski definition) is 1. The molecule has 0 aliphatic heterocycles. The molecule has 0 amide bonds. The molecule has 172 valence electrons. The zero-order chi connectivity index (χ0) is 23.8. The van der Waals surface area contributed by atoms with Crippen LogP contribution >= 0.6 is 0 Å². The minimum Gasteiger partial charge on any atom is -0.493 e. The molecule has 1 atom stereocenters. The molecule has 4 aromatic carbocycles. The van der Waals surface area contributed by atoms with E-state index in [9.17, 15) is 5.11 Å². The molecule has 0 radical (unpaired) electrons. The fourth-order valence-corrected chi connectivity index (χ4v) is 3.54. The summed E-state index contributed by atoms with van der Waals surface area (Å²) in [5.74, 6) is 1.44. The molecule has 0 aliphatic carbocycles. The predicted molar refractivity (Wildman–Crippen MR) is 138 cm³/mol. The first-order valence-electron chi connectivity index (χ1n) is 11.3. The fourth-order valence-electron chi connectivity index (χ4n) is 3.54. The Balaban J connectivity index is 1.37. The Morgan fingerprint density at radius 3 is 1.76 bits per heavy atom. The molecule has 4 rings (SSSR count). The second-order valence-corrected chi connectivity index (χ2v) is 8.06. The normalized spacial score (nSPS) is 11.5. The van der Waals surface area contributed by atoms with E-state index in [4.69, 9.17) is 9.47 Å². The lowest BCUT2D eigenvalue weighted by Gasteiger charge is -2.25. The fraction of sp³-hybridized carbons (Fsp3) is 0.133. The molecule has 4 heteroatoms. The highest BCUT2D eigenvalue weighted by molar-refractivity contribution is 5.76. The SMILES string of the molecule is C=C(C)C(O)Oc1ccc(CCOc2ccc(N(c3ccccc3)c3ccccc3)cc2)cc1. The van der Waals surface area contributed by atoms with Crippen LogP contribution in [0.1, 0.15) is 12.5 Å². The molecular weight excluding hydrogens is 422 g/mol. The monoisotopic (exact) mass is 451 g/mol. The van der Waals surface area contributed by atoms with Crippen LogP contribution in [0.5, 0.6) is 11.5 Å². The molecule has 0 heterocycles. The van der Waals surface area contributed by atoms with Crippen LogP contribution in [0.25, 0.3) is 0 Å². The lowest BCUT2D eigenvalue weighted by Crippen LogP contribution is -2.15. The average molecular weight is 452 g/mol. The van der Waals surface area contributed by atoms with Crippen LogP contribution < -0.4 is 14.4 Å². The number of para-hydroxylation sites is 2. The third-order valence-electron chi connectivity index (χ3n) is 5.38. The van der Waals surface area contributed by atoms with Crippen molar-refractivity contribution in [2.75, 3.05) is 11.5 Å². The maximum Gasteiger partial charge on any atom is 0.219 e. The predicted octanol–water partition coefficient (Wildman–Crippen LogP) is 7.05. The Bertz CT molecular complexity index is 1130. The first kappa shape index (κ1) is 23.1. The van der Waals surface area contributed by atoms with Crippen LogP contribution in [-0.4, -0.2) is 18.0 Å². The molecule has 0 fully saturated rings. The number of aliphatic hydroxyl groups is 1. The number of nitrogens with zero attached hydrogens (tertiary/aromatic N) is 1.